The van der Waals surface area contributed by atoms with Gasteiger partial charge in [0.25, 0.3) is 0 Å². The smallest absolute Gasteiger partial charge is 0.324 e. The molecule has 1 heterocycles. The van der Waals surface area contributed by atoms with Crippen molar-refractivity contribution in [2.45, 2.75) is 57.7 Å². The molecule has 2 atom stereocenters. The fraction of sp³-hybridized carbons (Fsp3) is 0.909. The van der Waals surface area contributed by atoms with Gasteiger partial charge >= 0.3 is 5.97 Å². The molecule has 1 rings (SSSR count). The lowest BCUT2D eigenvalue weighted by Crippen LogP contribution is -2.59. The van der Waals surface area contributed by atoms with E-state index in [0.717, 1.165) is 6.42 Å². The van der Waals surface area contributed by atoms with Crippen molar-refractivity contribution in [3.63, 3.8) is 0 Å². The number of carbonyl (C=O) groups is 1. The van der Waals surface area contributed by atoms with Crippen molar-refractivity contribution in [2.24, 2.45) is 0 Å². The van der Waals surface area contributed by atoms with E-state index in [0.29, 0.717) is 19.4 Å². The first-order chi connectivity index (χ1) is 7.00. The number of carboxylic acids is 1. The van der Waals surface area contributed by atoms with Crippen molar-refractivity contribution < 1.29 is 14.6 Å². The summed E-state index contributed by atoms with van der Waals surface area (Å²) in [5.41, 5.74) is -0.785. The predicted molar refractivity (Wildman–Crippen MR) is 57.9 cm³/mol. The second-order valence-electron chi connectivity index (χ2n) is 4.54. The van der Waals surface area contributed by atoms with E-state index in [2.05, 4.69) is 5.32 Å². The molecule has 0 saturated carbocycles. The van der Waals surface area contributed by atoms with Crippen LogP contribution in [0.3, 0.4) is 0 Å². The third kappa shape index (κ3) is 2.92. The van der Waals surface area contributed by atoms with Gasteiger partial charge in [-0.05, 0) is 26.7 Å². The van der Waals surface area contributed by atoms with Crippen LogP contribution in [0.1, 0.15) is 40.0 Å². The molecule has 15 heavy (non-hydrogen) atoms. The van der Waals surface area contributed by atoms with Gasteiger partial charge in [0.15, 0.2) is 0 Å². The number of nitrogens with one attached hydrogen (secondary N) is 1. The van der Waals surface area contributed by atoms with Crippen LogP contribution in [0.15, 0.2) is 0 Å². The summed E-state index contributed by atoms with van der Waals surface area (Å²) < 4.78 is 5.51. The Hall–Kier alpha value is -0.610. The minimum Gasteiger partial charge on any atom is -0.480 e. The molecule has 0 aromatic rings. The van der Waals surface area contributed by atoms with Crippen LogP contribution in [-0.4, -0.2) is 35.4 Å². The molecule has 2 N–H and O–H groups in total. The second-order valence-corrected chi connectivity index (χ2v) is 4.54. The van der Waals surface area contributed by atoms with Crippen LogP contribution in [0.2, 0.25) is 0 Å². The van der Waals surface area contributed by atoms with Crippen LogP contribution in [0, 0.1) is 0 Å². The normalized spacial score (nSPS) is 31.9. The fourth-order valence-electron chi connectivity index (χ4n) is 2.15. The van der Waals surface area contributed by atoms with E-state index in [9.17, 15) is 9.90 Å². The summed E-state index contributed by atoms with van der Waals surface area (Å²) in [6.45, 7) is 6.50. The molecule has 2 unspecified atom stereocenters. The largest absolute Gasteiger partial charge is 0.480 e. The van der Waals surface area contributed by atoms with Crippen LogP contribution >= 0.6 is 0 Å². The summed E-state index contributed by atoms with van der Waals surface area (Å²) in [5, 5.41) is 12.5. The summed E-state index contributed by atoms with van der Waals surface area (Å²) in [7, 11) is 0. The highest BCUT2D eigenvalue weighted by atomic mass is 16.5. The molecule has 0 aliphatic carbocycles. The molecular formula is C11H21NO3. The number of ether oxygens (including phenoxy) is 1. The number of aliphatic carboxylic acids is 1. The average molecular weight is 215 g/mol. The zero-order chi connectivity index (χ0) is 11.5. The third-order valence-corrected chi connectivity index (χ3v) is 2.89. The minimum atomic E-state index is -0.785. The van der Waals surface area contributed by atoms with Crippen molar-refractivity contribution in [3.8, 4) is 0 Å². The van der Waals surface area contributed by atoms with Gasteiger partial charge in [0.1, 0.15) is 5.54 Å². The zero-order valence-corrected chi connectivity index (χ0v) is 9.75. The third-order valence-electron chi connectivity index (χ3n) is 2.89. The van der Waals surface area contributed by atoms with Crippen LogP contribution in [0.5, 0.6) is 0 Å². The van der Waals surface area contributed by atoms with Crippen LogP contribution in [0.4, 0.5) is 0 Å². The van der Waals surface area contributed by atoms with Gasteiger partial charge in [0.2, 0.25) is 0 Å². The Kier molecular flexibility index (Phi) is 4.11. The lowest BCUT2D eigenvalue weighted by atomic mass is 9.85. The maximum Gasteiger partial charge on any atom is 0.324 e. The maximum absolute atomic E-state index is 11.4. The quantitative estimate of drug-likeness (QED) is 0.744. The van der Waals surface area contributed by atoms with Crippen molar-refractivity contribution >= 4 is 5.97 Å². The average Bonchev–Trinajstić information content (AvgIpc) is 2.16. The van der Waals surface area contributed by atoms with Gasteiger partial charge in [-0.1, -0.05) is 6.92 Å². The number of hydrogen-bond donors (Lipinski definition) is 2. The fourth-order valence-corrected chi connectivity index (χ4v) is 2.15. The lowest BCUT2D eigenvalue weighted by molar-refractivity contribution is -0.152. The van der Waals surface area contributed by atoms with Crippen molar-refractivity contribution in [3.05, 3.63) is 0 Å². The lowest BCUT2D eigenvalue weighted by Gasteiger charge is -2.39. The monoisotopic (exact) mass is 215 g/mol. The second kappa shape index (κ2) is 4.94. The van der Waals surface area contributed by atoms with Crippen molar-refractivity contribution in [1.29, 1.82) is 0 Å². The molecule has 0 aromatic carbocycles. The zero-order valence-electron chi connectivity index (χ0n) is 9.75. The molecular weight excluding hydrogens is 194 g/mol. The van der Waals surface area contributed by atoms with Gasteiger partial charge in [-0.15, -0.1) is 0 Å². The van der Waals surface area contributed by atoms with E-state index in [1.165, 1.54) is 0 Å². The Balaban J connectivity index is 2.75. The molecule has 0 amide bonds. The van der Waals surface area contributed by atoms with Crippen LogP contribution in [0.25, 0.3) is 0 Å². The van der Waals surface area contributed by atoms with E-state index < -0.39 is 11.5 Å². The molecule has 88 valence electrons. The highest BCUT2D eigenvalue weighted by Gasteiger charge is 2.43. The molecule has 1 saturated heterocycles. The molecule has 1 aliphatic heterocycles. The first kappa shape index (κ1) is 12.5. The van der Waals surface area contributed by atoms with Gasteiger partial charge in [0, 0.05) is 19.1 Å². The topological polar surface area (TPSA) is 58.6 Å². The summed E-state index contributed by atoms with van der Waals surface area (Å²) in [4.78, 5) is 11.4. The minimum absolute atomic E-state index is 0.0705. The van der Waals surface area contributed by atoms with Crippen LogP contribution < -0.4 is 5.32 Å². The van der Waals surface area contributed by atoms with Crippen molar-refractivity contribution in [2.75, 3.05) is 6.61 Å². The molecule has 4 heteroatoms. The van der Waals surface area contributed by atoms with Crippen molar-refractivity contribution in [1.82, 2.24) is 5.32 Å². The first-order valence-corrected chi connectivity index (χ1v) is 5.63. The molecule has 0 aromatic heterocycles. The summed E-state index contributed by atoms with van der Waals surface area (Å²) >= 11 is 0. The Bertz CT molecular complexity index is 230. The Labute approximate surface area is 91.0 Å². The molecule has 1 aliphatic rings. The van der Waals surface area contributed by atoms with E-state index in [1.807, 2.05) is 20.8 Å². The van der Waals surface area contributed by atoms with Gasteiger partial charge in [-0.2, -0.15) is 0 Å². The summed E-state index contributed by atoms with van der Waals surface area (Å²) in [6, 6.07) is 0.178. The van der Waals surface area contributed by atoms with Gasteiger partial charge in [-0.25, -0.2) is 0 Å². The SMILES string of the molecule is CCC1CC(NC(C)C)(C(=O)O)CCO1. The van der Waals surface area contributed by atoms with E-state index >= 15 is 0 Å². The standard InChI is InChI=1S/C11H21NO3/c1-4-9-7-11(10(13)14,5-6-15-9)12-8(2)3/h8-9,12H,4-7H2,1-3H3,(H,13,14). The number of carboxylic acid groups (broad SMARTS) is 1. The van der Waals surface area contributed by atoms with E-state index in [1.54, 1.807) is 0 Å². The molecule has 4 nitrogen and oxygen atoms in total. The number of rotatable bonds is 4. The maximum atomic E-state index is 11.4. The Morgan fingerprint density at radius 2 is 2.33 bits per heavy atom. The van der Waals surface area contributed by atoms with E-state index in [-0.39, 0.29) is 12.1 Å². The number of hydrogen-bond acceptors (Lipinski definition) is 3. The van der Waals surface area contributed by atoms with Gasteiger partial charge < -0.3 is 9.84 Å². The molecule has 0 bridgehead atoms. The highest BCUT2D eigenvalue weighted by molar-refractivity contribution is 5.79. The van der Waals surface area contributed by atoms with Gasteiger partial charge in [-0.3, -0.25) is 10.1 Å². The highest BCUT2D eigenvalue weighted by Crippen LogP contribution is 2.27. The Morgan fingerprint density at radius 3 is 2.80 bits per heavy atom. The van der Waals surface area contributed by atoms with E-state index in [4.69, 9.17) is 4.74 Å². The summed E-state index contributed by atoms with van der Waals surface area (Å²) in [6.07, 6.45) is 2.06. The molecule has 0 spiro atoms. The van der Waals surface area contributed by atoms with Crippen LogP contribution in [-0.2, 0) is 9.53 Å². The predicted octanol–water partition coefficient (Wildman–Crippen LogP) is 1.40. The molecule has 0 radical (unpaired) electrons. The molecule has 1 fully saturated rings. The summed E-state index contributed by atoms with van der Waals surface area (Å²) in [5.74, 6) is -0.752. The van der Waals surface area contributed by atoms with Gasteiger partial charge in [0.05, 0.1) is 6.10 Å². The Morgan fingerprint density at radius 1 is 1.67 bits per heavy atom. The first-order valence-electron chi connectivity index (χ1n) is 5.63.